The van der Waals surface area contributed by atoms with Crippen molar-refractivity contribution in [3.05, 3.63) is 0 Å². The average Bonchev–Trinajstić information content (AvgIpc) is 2.32. The summed E-state index contributed by atoms with van der Waals surface area (Å²) in [4.78, 5) is 4.85. The minimum absolute atomic E-state index is 0.688. The topological polar surface area (TPSA) is 30.5 Å². The molecule has 0 spiro atoms. The van der Waals surface area contributed by atoms with Gasteiger partial charge in [0.15, 0.2) is 0 Å². The van der Waals surface area contributed by atoms with E-state index in [0.29, 0.717) is 6.04 Å². The van der Waals surface area contributed by atoms with Gasteiger partial charge in [-0.3, -0.25) is 0 Å². The Morgan fingerprint density at radius 2 is 1.88 bits per heavy atom. The van der Waals surface area contributed by atoms with Crippen LogP contribution in [0.25, 0.3) is 0 Å². The molecule has 0 bridgehead atoms. The fraction of sp³-hybridized carbons (Fsp3) is 1.00. The van der Waals surface area contributed by atoms with Gasteiger partial charge in [0, 0.05) is 31.7 Å². The van der Waals surface area contributed by atoms with Crippen molar-refractivity contribution in [2.45, 2.75) is 31.3 Å². The molecule has 17 heavy (non-hydrogen) atoms. The number of piperazine rings is 1. The number of likely N-dealkylation sites (N-methyl/N-ethyl adjacent to an activating group) is 1. The van der Waals surface area contributed by atoms with Crippen molar-refractivity contribution in [1.29, 1.82) is 0 Å². The second kappa shape index (κ2) is 6.69. The molecule has 2 rings (SSSR count). The van der Waals surface area contributed by atoms with Gasteiger partial charge in [-0.25, -0.2) is 0 Å². The molecular formula is C13H28N4. The van der Waals surface area contributed by atoms with E-state index in [1.54, 1.807) is 0 Å². The molecule has 0 aromatic carbocycles. The highest BCUT2D eigenvalue weighted by molar-refractivity contribution is 4.80. The summed E-state index contributed by atoms with van der Waals surface area (Å²) in [6.07, 6.45) is 3.89. The first-order chi connectivity index (χ1) is 8.24. The number of hydrogen-bond donors (Lipinski definition) is 2. The van der Waals surface area contributed by atoms with E-state index in [1.165, 1.54) is 52.0 Å². The third kappa shape index (κ3) is 4.54. The van der Waals surface area contributed by atoms with Crippen molar-refractivity contribution in [3.63, 3.8) is 0 Å². The van der Waals surface area contributed by atoms with Crippen LogP contribution < -0.4 is 10.6 Å². The van der Waals surface area contributed by atoms with Gasteiger partial charge in [-0.05, 0) is 53.0 Å². The molecule has 2 aliphatic heterocycles. The van der Waals surface area contributed by atoms with Crippen LogP contribution in [0.5, 0.6) is 0 Å². The van der Waals surface area contributed by atoms with Crippen molar-refractivity contribution in [1.82, 2.24) is 20.4 Å². The van der Waals surface area contributed by atoms with Gasteiger partial charge in [0.25, 0.3) is 0 Å². The van der Waals surface area contributed by atoms with Gasteiger partial charge < -0.3 is 20.4 Å². The van der Waals surface area contributed by atoms with E-state index in [4.69, 9.17) is 0 Å². The molecule has 2 saturated heterocycles. The Kier molecular flexibility index (Phi) is 5.22. The molecule has 2 heterocycles. The van der Waals surface area contributed by atoms with Crippen LogP contribution in [0, 0.1) is 0 Å². The molecule has 0 amide bonds. The van der Waals surface area contributed by atoms with E-state index in [-0.39, 0.29) is 0 Å². The lowest BCUT2D eigenvalue weighted by atomic mass is 10.0. The number of likely N-dealkylation sites (tertiary alicyclic amines) is 1. The van der Waals surface area contributed by atoms with Crippen molar-refractivity contribution in [3.8, 4) is 0 Å². The van der Waals surface area contributed by atoms with Crippen molar-refractivity contribution in [2.75, 3.05) is 53.4 Å². The Labute approximate surface area is 106 Å². The number of nitrogens with one attached hydrogen (secondary N) is 2. The zero-order valence-electron chi connectivity index (χ0n) is 11.4. The van der Waals surface area contributed by atoms with Crippen molar-refractivity contribution in [2.24, 2.45) is 0 Å². The Balaban J connectivity index is 1.56. The zero-order valence-corrected chi connectivity index (χ0v) is 11.4. The highest BCUT2D eigenvalue weighted by Gasteiger charge is 2.18. The van der Waals surface area contributed by atoms with Crippen LogP contribution in [-0.4, -0.2) is 75.2 Å². The van der Waals surface area contributed by atoms with Crippen LogP contribution in [0.1, 0.15) is 19.3 Å². The largest absolute Gasteiger partial charge is 0.314 e. The standard InChI is InChI=1S/C13H28N4/c1-16-8-4-12(5-9-16)14-6-3-13-11-17(2)10-7-15-13/h12-15H,3-11H2,1-2H3. The predicted octanol–water partition coefficient (Wildman–Crippen LogP) is -0.0361. The van der Waals surface area contributed by atoms with E-state index in [9.17, 15) is 0 Å². The molecule has 100 valence electrons. The van der Waals surface area contributed by atoms with E-state index in [1.807, 2.05) is 0 Å². The Bertz CT molecular complexity index is 213. The van der Waals surface area contributed by atoms with Gasteiger partial charge in [-0.15, -0.1) is 0 Å². The fourth-order valence-corrected chi connectivity index (χ4v) is 2.86. The molecule has 2 fully saturated rings. The summed E-state index contributed by atoms with van der Waals surface area (Å²) in [7, 11) is 4.44. The molecule has 0 radical (unpaired) electrons. The highest BCUT2D eigenvalue weighted by Crippen LogP contribution is 2.08. The number of hydrogen-bond acceptors (Lipinski definition) is 4. The molecule has 1 atom stereocenters. The quantitative estimate of drug-likeness (QED) is 0.722. The molecule has 2 aliphatic rings. The van der Waals surface area contributed by atoms with E-state index < -0.39 is 0 Å². The third-order valence-corrected chi connectivity index (χ3v) is 4.10. The first kappa shape index (κ1) is 13.3. The molecule has 0 aromatic rings. The average molecular weight is 240 g/mol. The lowest BCUT2D eigenvalue weighted by Crippen LogP contribution is -2.50. The molecular weight excluding hydrogens is 212 g/mol. The molecule has 1 unspecified atom stereocenters. The minimum atomic E-state index is 0.688. The SMILES string of the molecule is CN1CCC(NCCC2CN(C)CCN2)CC1. The number of piperidine rings is 1. The van der Waals surface area contributed by atoms with E-state index in [0.717, 1.165) is 12.6 Å². The van der Waals surface area contributed by atoms with E-state index >= 15 is 0 Å². The van der Waals surface area contributed by atoms with Crippen LogP contribution in [0.15, 0.2) is 0 Å². The second-order valence-electron chi connectivity index (χ2n) is 5.73. The Morgan fingerprint density at radius 3 is 2.59 bits per heavy atom. The van der Waals surface area contributed by atoms with E-state index in [2.05, 4.69) is 34.5 Å². The monoisotopic (exact) mass is 240 g/mol. The Hall–Kier alpha value is -0.160. The van der Waals surface area contributed by atoms with Crippen LogP contribution in [0.2, 0.25) is 0 Å². The Morgan fingerprint density at radius 1 is 1.12 bits per heavy atom. The number of nitrogens with zero attached hydrogens (tertiary/aromatic N) is 2. The molecule has 4 heteroatoms. The maximum atomic E-state index is 3.72. The van der Waals surface area contributed by atoms with Gasteiger partial charge in [-0.1, -0.05) is 0 Å². The summed E-state index contributed by atoms with van der Waals surface area (Å²) in [5.74, 6) is 0. The van der Waals surface area contributed by atoms with Gasteiger partial charge >= 0.3 is 0 Å². The summed E-state index contributed by atoms with van der Waals surface area (Å²) < 4.78 is 0. The minimum Gasteiger partial charge on any atom is -0.314 e. The van der Waals surface area contributed by atoms with Crippen LogP contribution in [-0.2, 0) is 0 Å². The molecule has 4 nitrogen and oxygen atoms in total. The van der Waals surface area contributed by atoms with Gasteiger partial charge in [-0.2, -0.15) is 0 Å². The molecule has 0 aromatic heterocycles. The maximum Gasteiger partial charge on any atom is 0.0207 e. The van der Waals surface area contributed by atoms with Gasteiger partial charge in [0.1, 0.15) is 0 Å². The van der Waals surface area contributed by atoms with Crippen LogP contribution >= 0.6 is 0 Å². The smallest absolute Gasteiger partial charge is 0.0207 e. The number of rotatable bonds is 4. The van der Waals surface area contributed by atoms with Gasteiger partial charge in [0.2, 0.25) is 0 Å². The fourth-order valence-electron chi connectivity index (χ4n) is 2.86. The molecule has 0 saturated carbocycles. The summed E-state index contributed by atoms with van der Waals surface area (Å²) in [5.41, 5.74) is 0. The molecule has 0 aliphatic carbocycles. The summed E-state index contributed by atoms with van der Waals surface area (Å²) in [6.45, 7) is 7.22. The lowest BCUT2D eigenvalue weighted by Gasteiger charge is -2.32. The highest BCUT2D eigenvalue weighted by atomic mass is 15.2. The second-order valence-corrected chi connectivity index (χ2v) is 5.73. The first-order valence-electron chi connectivity index (χ1n) is 7.08. The maximum absolute atomic E-state index is 3.72. The molecule has 2 N–H and O–H groups in total. The van der Waals surface area contributed by atoms with Crippen molar-refractivity contribution >= 4 is 0 Å². The van der Waals surface area contributed by atoms with Crippen LogP contribution in [0.3, 0.4) is 0 Å². The third-order valence-electron chi connectivity index (χ3n) is 4.10. The summed E-state index contributed by atoms with van der Waals surface area (Å²) >= 11 is 0. The first-order valence-corrected chi connectivity index (χ1v) is 7.08. The zero-order chi connectivity index (χ0) is 12.1. The normalized spacial score (nSPS) is 29.6. The van der Waals surface area contributed by atoms with Gasteiger partial charge in [0.05, 0.1) is 0 Å². The van der Waals surface area contributed by atoms with Crippen LogP contribution in [0.4, 0.5) is 0 Å². The summed E-state index contributed by atoms with van der Waals surface area (Å²) in [6, 6.07) is 1.44. The lowest BCUT2D eigenvalue weighted by molar-refractivity contribution is 0.216. The summed E-state index contributed by atoms with van der Waals surface area (Å²) in [5, 5.41) is 7.32. The van der Waals surface area contributed by atoms with Crippen molar-refractivity contribution < 1.29 is 0 Å². The predicted molar refractivity (Wildman–Crippen MR) is 72.4 cm³/mol.